The molecule has 0 aromatic heterocycles. The summed E-state index contributed by atoms with van der Waals surface area (Å²) in [6.07, 6.45) is 0. The Kier molecular flexibility index (Phi) is 3.58. The number of nitrogen functional groups attached to an aromatic ring is 1. The largest absolute Gasteiger partial charge is 0.508 e. The molecular formula is C18H16N2O2. The van der Waals surface area contributed by atoms with Gasteiger partial charge in [-0.2, -0.15) is 0 Å². The van der Waals surface area contributed by atoms with Crippen molar-refractivity contribution in [3.63, 3.8) is 0 Å². The fourth-order valence-corrected chi connectivity index (χ4v) is 2.27. The van der Waals surface area contributed by atoms with Crippen molar-refractivity contribution in [1.29, 1.82) is 0 Å². The molecular weight excluding hydrogens is 276 g/mol. The van der Waals surface area contributed by atoms with Gasteiger partial charge in [0.25, 0.3) is 0 Å². The molecule has 0 aliphatic rings. The SMILES string of the molecule is Nc1ccc(N(c2ccc(O)cc2)c2ccc(O)cc2)cc1. The Morgan fingerprint density at radius 1 is 0.545 bits per heavy atom. The fraction of sp³-hybridized carbons (Fsp3) is 0. The van der Waals surface area contributed by atoms with Crippen LogP contribution in [-0.4, -0.2) is 10.2 Å². The highest BCUT2D eigenvalue weighted by atomic mass is 16.3. The Morgan fingerprint density at radius 2 is 0.864 bits per heavy atom. The summed E-state index contributed by atoms with van der Waals surface area (Å²) in [6, 6.07) is 21.4. The number of benzene rings is 3. The molecule has 4 nitrogen and oxygen atoms in total. The van der Waals surface area contributed by atoms with Crippen LogP contribution in [0.25, 0.3) is 0 Å². The summed E-state index contributed by atoms with van der Waals surface area (Å²) in [6.45, 7) is 0. The molecule has 0 spiro atoms. The molecule has 0 fully saturated rings. The van der Waals surface area contributed by atoms with Crippen LogP contribution in [0.15, 0.2) is 72.8 Å². The van der Waals surface area contributed by atoms with Crippen LogP contribution < -0.4 is 10.6 Å². The van der Waals surface area contributed by atoms with Gasteiger partial charge in [-0.3, -0.25) is 0 Å². The van der Waals surface area contributed by atoms with E-state index in [1.54, 1.807) is 24.3 Å². The molecule has 4 heteroatoms. The lowest BCUT2D eigenvalue weighted by Gasteiger charge is -2.25. The van der Waals surface area contributed by atoms with Gasteiger partial charge in [0, 0.05) is 22.7 Å². The van der Waals surface area contributed by atoms with Crippen LogP contribution in [0.2, 0.25) is 0 Å². The number of phenols is 2. The van der Waals surface area contributed by atoms with Gasteiger partial charge in [-0.1, -0.05) is 0 Å². The van der Waals surface area contributed by atoms with Gasteiger partial charge >= 0.3 is 0 Å². The molecule has 0 atom stereocenters. The average molecular weight is 292 g/mol. The molecule has 0 aliphatic carbocycles. The highest BCUT2D eigenvalue weighted by Crippen LogP contribution is 2.35. The first kappa shape index (κ1) is 13.8. The standard InChI is InChI=1S/C18H16N2O2/c19-13-1-3-14(4-2-13)20(15-5-9-17(21)10-6-15)16-7-11-18(22)12-8-16/h1-12,21-22H,19H2. The Morgan fingerprint density at radius 3 is 1.23 bits per heavy atom. The molecule has 4 N–H and O–H groups in total. The minimum atomic E-state index is 0.215. The molecule has 0 saturated heterocycles. The number of phenolic OH excluding ortho intramolecular Hbond substituents is 2. The third kappa shape index (κ3) is 2.81. The molecule has 0 amide bonds. The van der Waals surface area contributed by atoms with E-state index in [-0.39, 0.29) is 11.5 Å². The molecule has 0 aliphatic heterocycles. The highest BCUT2D eigenvalue weighted by molar-refractivity contribution is 5.77. The van der Waals surface area contributed by atoms with E-state index in [1.807, 2.05) is 53.4 Å². The molecule has 22 heavy (non-hydrogen) atoms. The van der Waals surface area contributed by atoms with E-state index in [0.717, 1.165) is 17.1 Å². The second-order valence-electron chi connectivity index (χ2n) is 4.96. The van der Waals surface area contributed by atoms with Gasteiger partial charge in [0.1, 0.15) is 11.5 Å². The summed E-state index contributed by atoms with van der Waals surface area (Å²) in [7, 11) is 0. The van der Waals surface area contributed by atoms with Crippen LogP contribution in [0, 0.1) is 0 Å². The van der Waals surface area contributed by atoms with Crippen molar-refractivity contribution < 1.29 is 10.2 Å². The molecule has 0 bridgehead atoms. The van der Waals surface area contributed by atoms with Crippen molar-refractivity contribution in [3.05, 3.63) is 72.8 Å². The second kappa shape index (κ2) is 5.69. The zero-order valence-electron chi connectivity index (χ0n) is 11.8. The predicted octanol–water partition coefficient (Wildman–Crippen LogP) is 4.15. The van der Waals surface area contributed by atoms with Crippen LogP contribution in [0.4, 0.5) is 22.7 Å². The number of rotatable bonds is 3. The molecule has 0 radical (unpaired) electrons. The van der Waals surface area contributed by atoms with Crippen molar-refractivity contribution in [2.45, 2.75) is 0 Å². The molecule has 0 unspecified atom stereocenters. The monoisotopic (exact) mass is 292 g/mol. The number of hydrogen-bond acceptors (Lipinski definition) is 4. The Balaban J connectivity index is 2.10. The number of nitrogens with two attached hydrogens (primary N) is 1. The van der Waals surface area contributed by atoms with Crippen LogP contribution in [0.5, 0.6) is 11.5 Å². The minimum Gasteiger partial charge on any atom is -0.508 e. The van der Waals surface area contributed by atoms with E-state index in [2.05, 4.69) is 0 Å². The normalized spacial score (nSPS) is 10.4. The second-order valence-corrected chi connectivity index (χ2v) is 4.96. The maximum absolute atomic E-state index is 9.48. The highest BCUT2D eigenvalue weighted by Gasteiger charge is 2.12. The quantitative estimate of drug-likeness (QED) is 0.634. The number of nitrogens with zero attached hydrogens (tertiary/aromatic N) is 1. The molecule has 3 aromatic rings. The van der Waals surface area contributed by atoms with Gasteiger partial charge in [0.15, 0.2) is 0 Å². The Bertz CT molecular complexity index is 642. The van der Waals surface area contributed by atoms with Crippen molar-refractivity contribution >= 4 is 22.7 Å². The summed E-state index contributed by atoms with van der Waals surface area (Å²) in [5.41, 5.74) is 9.18. The van der Waals surface area contributed by atoms with Crippen molar-refractivity contribution in [3.8, 4) is 11.5 Å². The summed E-state index contributed by atoms with van der Waals surface area (Å²) < 4.78 is 0. The molecule has 0 saturated carbocycles. The van der Waals surface area contributed by atoms with Crippen molar-refractivity contribution in [2.24, 2.45) is 0 Å². The van der Waals surface area contributed by atoms with E-state index in [9.17, 15) is 10.2 Å². The van der Waals surface area contributed by atoms with Gasteiger partial charge in [-0.05, 0) is 72.8 Å². The van der Waals surface area contributed by atoms with Crippen LogP contribution in [0.1, 0.15) is 0 Å². The van der Waals surface area contributed by atoms with E-state index in [0.29, 0.717) is 5.69 Å². The van der Waals surface area contributed by atoms with Crippen LogP contribution in [-0.2, 0) is 0 Å². The first-order valence-electron chi connectivity index (χ1n) is 6.87. The van der Waals surface area contributed by atoms with E-state index in [4.69, 9.17) is 5.73 Å². The first-order valence-corrected chi connectivity index (χ1v) is 6.87. The van der Waals surface area contributed by atoms with Crippen LogP contribution >= 0.6 is 0 Å². The molecule has 0 heterocycles. The van der Waals surface area contributed by atoms with E-state index < -0.39 is 0 Å². The first-order chi connectivity index (χ1) is 10.6. The smallest absolute Gasteiger partial charge is 0.115 e. The van der Waals surface area contributed by atoms with Gasteiger partial charge in [0.05, 0.1) is 0 Å². The zero-order chi connectivity index (χ0) is 15.5. The molecule has 3 aromatic carbocycles. The number of hydrogen-bond donors (Lipinski definition) is 3. The zero-order valence-corrected chi connectivity index (χ0v) is 11.8. The van der Waals surface area contributed by atoms with Gasteiger partial charge in [0.2, 0.25) is 0 Å². The lowest BCUT2D eigenvalue weighted by Crippen LogP contribution is -2.09. The summed E-state index contributed by atoms with van der Waals surface area (Å²) in [5, 5.41) is 19.0. The third-order valence-electron chi connectivity index (χ3n) is 3.37. The van der Waals surface area contributed by atoms with Gasteiger partial charge in [-0.15, -0.1) is 0 Å². The number of anilines is 4. The van der Waals surface area contributed by atoms with E-state index in [1.165, 1.54) is 0 Å². The van der Waals surface area contributed by atoms with E-state index >= 15 is 0 Å². The summed E-state index contributed by atoms with van der Waals surface area (Å²) in [4.78, 5) is 2.01. The molecule has 3 rings (SSSR count). The maximum atomic E-state index is 9.48. The Hall–Kier alpha value is -3.14. The van der Waals surface area contributed by atoms with Gasteiger partial charge < -0.3 is 20.8 Å². The predicted molar refractivity (Wildman–Crippen MR) is 88.9 cm³/mol. The average Bonchev–Trinajstić information content (AvgIpc) is 2.53. The van der Waals surface area contributed by atoms with Crippen molar-refractivity contribution in [1.82, 2.24) is 0 Å². The summed E-state index contributed by atoms with van der Waals surface area (Å²) in [5.74, 6) is 0.429. The third-order valence-corrected chi connectivity index (χ3v) is 3.37. The Labute approximate surface area is 128 Å². The lowest BCUT2D eigenvalue weighted by molar-refractivity contribution is 0.475. The fourth-order valence-electron chi connectivity index (χ4n) is 2.27. The maximum Gasteiger partial charge on any atom is 0.115 e. The van der Waals surface area contributed by atoms with Crippen LogP contribution in [0.3, 0.4) is 0 Å². The minimum absolute atomic E-state index is 0.215. The topological polar surface area (TPSA) is 69.7 Å². The number of aromatic hydroxyl groups is 2. The summed E-state index contributed by atoms with van der Waals surface area (Å²) >= 11 is 0. The lowest BCUT2D eigenvalue weighted by atomic mass is 10.2. The van der Waals surface area contributed by atoms with Crippen molar-refractivity contribution in [2.75, 3.05) is 10.6 Å². The van der Waals surface area contributed by atoms with Gasteiger partial charge in [-0.25, -0.2) is 0 Å². The molecule has 110 valence electrons.